The maximum Gasteiger partial charge on any atom is 0.232 e. The van der Waals surface area contributed by atoms with E-state index in [0.29, 0.717) is 12.1 Å². The summed E-state index contributed by atoms with van der Waals surface area (Å²) in [4.78, 5) is 12.3. The lowest BCUT2D eigenvalue weighted by atomic mass is 10.1. The van der Waals surface area contributed by atoms with E-state index in [4.69, 9.17) is 4.74 Å². The zero-order valence-electron chi connectivity index (χ0n) is 17.7. The summed E-state index contributed by atoms with van der Waals surface area (Å²) in [6.45, 7) is 5.99. The highest BCUT2D eigenvalue weighted by Crippen LogP contribution is 2.24. The van der Waals surface area contributed by atoms with Gasteiger partial charge >= 0.3 is 0 Å². The SMILES string of the molecule is COc1ccc([C@@H](C)NC(=O)CCCN(c2cc(C)ccc2C)S(C)(=O)=O)cc1. The summed E-state index contributed by atoms with van der Waals surface area (Å²) >= 11 is 0. The van der Waals surface area contributed by atoms with Gasteiger partial charge in [0.25, 0.3) is 0 Å². The number of rotatable bonds is 9. The summed E-state index contributed by atoms with van der Waals surface area (Å²) in [5.41, 5.74) is 3.52. The Hall–Kier alpha value is -2.54. The standard InChI is InChI=1S/C22H30N2O4S/c1-16-8-9-17(2)21(15-16)24(29(5,26)27)14-6-7-22(25)23-18(3)19-10-12-20(28-4)13-11-19/h8-13,15,18H,6-7,14H2,1-5H3,(H,23,25)/t18-/m1/s1. The smallest absolute Gasteiger partial charge is 0.232 e. The maximum atomic E-state index is 12.3. The van der Waals surface area contributed by atoms with Gasteiger partial charge in [-0.05, 0) is 62.1 Å². The van der Waals surface area contributed by atoms with Crippen LogP contribution >= 0.6 is 0 Å². The highest BCUT2D eigenvalue weighted by molar-refractivity contribution is 7.92. The molecule has 2 aromatic rings. The zero-order valence-corrected chi connectivity index (χ0v) is 18.5. The lowest BCUT2D eigenvalue weighted by molar-refractivity contribution is -0.121. The van der Waals surface area contributed by atoms with Gasteiger partial charge < -0.3 is 10.1 Å². The highest BCUT2D eigenvalue weighted by atomic mass is 32.2. The minimum Gasteiger partial charge on any atom is -0.497 e. The molecule has 0 aromatic heterocycles. The zero-order chi connectivity index (χ0) is 21.6. The number of nitrogens with zero attached hydrogens (tertiary/aromatic N) is 1. The number of aryl methyl sites for hydroxylation is 2. The molecule has 0 bridgehead atoms. The van der Waals surface area contributed by atoms with Gasteiger partial charge in [-0.25, -0.2) is 8.42 Å². The highest BCUT2D eigenvalue weighted by Gasteiger charge is 2.20. The summed E-state index contributed by atoms with van der Waals surface area (Å²) in [5.74, 6) is 0.655. The van der Waals surface area contributed by atoms with Gasteiger partial charge in [0.1, 0.15) is 5.75 Å². The fraction of sp³-hybridized carbons (Fsp3) is 0.409. The number of ether oxygens (including phenoxy) is 1. The van der Waals surface area contributed by atoms with Crippen molar-refractivity contribution in [2.75, 3.05) is 24.2 Å². The Morgan fingerprint density at radius 1 is 1.14 bits per heavy atom. The van der Waals surface area contributed by atoms with Crippen LogP contribution in [0.3, 0.4) is 0 Å². The predicted octanol–water partition coefficient (Wildman–Crippen LogP) is 3.74. The van der Waals surface area contributed by atoms with Crippen molar-refractivity contribution in [3.63, 3.8) is 0 Å². The van der Waals surface area contributed by atoms with Crippen molar-refractivity contribution < 1.29 is 17.9 Å². The molecule has 0 aliphatic rings. The average Bonchev–Trinajstić information content (AvgIpc) is 2.66. The van der Waals surface area contributed by atoms with Crippen LogP contribution in [0.1, 0.15) is 42.5 Å². The van der Waals surface area contributed by atoms with E-state index in [1.54, 1.807) is 7.11 Å². The molecule has 0 saturated carbocycles. The molecule has 0 spiro atoms. The van der Waals surface area contributed by atoms with E-state index in [1.165, 1.54) is 10.6 Å². The number of nitrogens with one attached hydrogen (secondary N) is 1. The van der Waals surface area contributed by atoms with Gasteiger partial charge in [-0.3, -0.25) is 9.10 Å². The van der Waals surface area contributed by atoms with Gasteiger partial charge in [-0.2, -0.15) is 0 Å². The van der Waals surface area contributed by atoms with E-state index in [2.05, 4.69) is 5.32 Å². The molecule has 1 atom stereocenters. The van der Waals surface area contributed by atoms with Crippen molar-refractivity contribution in [1.29, 1.82) is 0 Å². The summed E-state index contributed by atoms with van der Waals surface area (Å²) < 4.78 is 31.1. The van der Waals surface area contributed by atoms with Crippen LogP contribution in [0.4, 0.5) is 5.69 Å². The Morgan fingerprint density at radius 3 is 2.38 bits per heavy atom. The Bertz CT molecular complexity index is 940. The van der Waals surface area contributed by atoms with Gasteiger partial charge in [0.2, 0.25) is 15.9 Å². The molecule has 0 radical (unpaired) electrons. The number of sulfonamides is 1. The number of hydrogen-bond acceptors (Lipinski definition) is 4. The van der Waals surface area contributed by atoms with E-state index < -0.39 is 10.0 Å². The molecule has 0 heterocycles. The van der Waals surface area contributed by atoms with Crippen molar-refractivity contribution in [2.24, 2.45) is 0 Å². The van der Waals surface area contributed by atoms with Gasteiger partial charge in [-0.1, -0.05) is 24.3 Å². The lowest BCUT2D eigenvalue weighted by Crippen LogP contribution is -2.33. The first-order chi connectivity index (χ1) is 13.6. The molecule has 2 aromatic carbocycles. The van der Waals surface area contributed by atoms with Gasteiger partial charge in [0.05, 0.1) is 25.1 Å². The Labute approximate surface area is 173 Å². The second-order valence-electron chi connectivity index (χ2n) is 7.29. The molecule has 6 nitrogen and oxygen atoms in total. The molecule has 0 unspecified atom stereocenters. The third-order valence-electron chi connectivity index (χ3n) is 4.79. The Morgan fingerprint density at radius 2 is 1.79 bits per heavy atom. The largest absolute Gasteiger partial charge is 0.497 e. The van der Waals surface area contributed by atoms with Crippen LogP contribution in [-0.4, -0.2) is 34.2 Å². The minimum atomic E-state index is -3.44. The third kappa shape index (κ3) is 6.49. The van der Waals surface area contributed by atoms with Crippen LogP contribution in [0.5, 0.6) is 5.75 Å². The molecule has 0 aliphatic heterocycles. The number of carbonyl (C=O) groups is 1. The molecule has 7 heteroatoms. The van der Waals surface area contributed by atoms with E-state index in [-0.39, 0.29) is 24.9 Å². The van der Waals surface area contributed by atoms with Crippen LogP contribution in [0, 0.1) is 13.8 Å². The molecule has 29 heavy (non-hydrogen) atoms. The number of anilines is 1. The predicted molar refractivity (Wildman–Crippen MR) is 117 cm³/mol. The second kappa shape index (κ2) is 9.78. The molecular formula is C22H30N2O4S. The van der Waals surface area contributed by atoms with E-state index in [1.807, 2.05) is 63.2 Å². The summed E-state index contributed by atoms with van der Waals surface area (Å²) in [7, 11) is -1.83. The first-order valence-corrected chi connectivity index (χ1v) is 11.4. The van der Waals surface area contributed by atoms with Crippen molar-refractivity contribution in [3.8, 4) is 5.75 Å². The van der Waals surface area contributed by atoms with Crippen molar-refractivity contribution in [3.05, 3.63) is 59.2 Å². The van der Waals surface area contributed by atoms with E-state index >= 15 is 0 Å². The normalized spacial score (nSPS) is 12.3. The average molecular weight is 419 g/mol. The quantitative estimate of drug-likeness (QED) is 0.673. The maximum absolute atomic E-state index is 12.3. The number of hydrogen-bond donors (Lipinski definition) is 1. The lowest BCUT2D eigenvalue weighted by Gasteiger charge is -2.24. The van der Waals surface area contributed by atoms with Crippen LogP contribution in [-0.2, 0) is 14.8 Å². The molecular weight excluding hydrogens is 388 g/mol. The number of benzene rings is 2. The van der Waals surface area contributed by atoms with Crippen LogP contribution < -0.4 is 14.4 Å². The molecule has 158 valence electrons. The van der Waals surface area contributed by atoms with Gasteiger partial charge in [0, 0.05) is 13.0 Å². The fourth-order valence-corrected chi connectivity index (χ4v) is 4.14. The second-order valence-corrected chi connectivity index (χ2v) is 9.20. The van der Waals surface area contributed by atoms with Crippen LogP contribution in [0.25, 0.3) is 0 Å². The van der Waals surface area contributed by atoms with E-state index in [0.717, 1.165) is 22.4 Å². The Kier molecular flexibility index (Phi) is 7.67. The fourth-order valence-electron chi connectivity index (χ4n) is 3.13. The number of amides is 1. The minimum absolute atomic E-state index is 0.109. The third-order valence-corrected chi connectivity index (χ3v) is 5.97. The topological polar surface area (TPSA) is 75.7 Å². The molecule has 1 N–H and O–H groups in total. The van der Waals surface area contributed by atoms with Crippen molar-refractivity contribution in [1.82, 2.24) is 5.32 Å². The Balaban J connectivity index is 1.96. The first kappa shape index (κ1) is 22.7. The monoisotopic (exact) mass is 418 g/mol. The van der Waals surface area contributed by atoms with Crippen LogP contribution in [0.15, 0.2) is 42.5 Å². The summed E-state index contributed by atoms with van der Waals surface area (Å²) in [6, 6.07) is 13.1. The number of methoxy groups -OCH3 is 1. The molecule has 0 aliphatic carbocycles. The summed E-state index contributed by atoms with van der Waals surface area (Å²) in [5, 5.41) is 2.96. The summed E-state index contributed by atoms with van der Waals surface area (Å²) in [6.07, 6.45) is 1.87. The van der Waals surface area contributed by atoms with Gasteiger partial charge in [-0.15, -0.1) is 0 Å². The van der Waals surface area contributed by atoms with Crippen molar-refractivity contribution >= 4 is 21.6 Å². The molecule has 2 rings (SSSR count). The molecule has 0 saturated heterocycles. The molecule has 0 fully saturated rings. The first-order valence-electron chi connectivity index (χ1n) is 9.60. The van der Waals surface area contributed by atoms with Gasteiger partial charge in [0.15, 0.2) is 0 Å². The molecule has 1 amide bonds. The number of carbonyl (C=O) groups excluding carboxylic acids is 1. The van der Waals surface area contributed by atoms with Crippen molar-refractivity contribution in [2.45, 2.75) is 39.7 Å². The van der Waals surface area contributed by atoms with E-state index in [9.17, 15) is 13.2 Å². The van der Waals surface area contributed by atoms with Crippen LogP contribution in [0.2, 0.25) is 0 Å².